The van der Waals surface area contributed by atoms with Gasteiger partial charge < -0.3 is 15.2 Å². The number of hydrogen-bond acceptors (Lipinski definition) is 4. The Balaban J connectivity index is 1.52. The molecule has 2 atom stereocenters. The zero-order valence-electron chi connectivity index (χ0n) is 14.0. The average molecular weight is 332 g/mol. The van der Waals surface area contributed by atoms with Crippen LogP contribution in [0.2, 0.25) is 0 Å². The van der Waals surface area contributed by atoms with Gasteiger partial charge in [-0.15, -0.1) is 0 Å². The lowest BCUT2D eigenvalue weighted by Gasteiger charge is -2.23. The Bertz CT molecular complexity index is 633. The summed E-state index contributed by atoms with van der Waals surface area (Å²) in [5.41, 5.74) is 0.343. The van der Waals surface area contributed by atoms with Gasteiger partial charge in [0.15, 0.2) is 0 Å². The number of benzene rings is 1. The Hall–Kier alpha value is -2.08. The van der Waals surface area contributed by atoms with E-state index in [4.69, 9.17) is 4.74 Å². The summed E-state index contributed by atoms with van der Waals surface area (Å²) in [6, 6.07) is 7.57. The van der Waals surface area contributed by atoms with Crippen LogP contribution in [0.5, 0.6) is 5.75 Å². The maximum absolute atomic E-state index is 12.2. The molecule has 1 saturated carbocycles. The fourth-order valence-corrected chi connectivity index (χ4v) is 4.11. The third-order valence-electron chi connectivity index (χ3n) is 5.36. The highest BCUT2D eigenvalue weighted by Gasteiger charge is 2.54. The van der Waals surface area contributed by atoms with Crippen molar-refractivity contribution in [1.82, 2.24) is 10.2 Å². The molecule has 1 aromatic rings. The quantitative estimate of drug-likeness (QED) is 0.825. The molecular weight excluding hydrogens is 308 g/mol. The van der Waals surface area contributed by atoms with Gasteiger partial charge in [-0.3, -0.25) is 14.5 Å². The minimum atomic E-state index is -0.704. The summed E-state index contributed by atoms with van der Waals surface area (Å²) in [5.74, 6) is 0.168. The zero-order valence-corrected chi connectivity index (χ0v) is 14.0. The Morgan fingerprint density at radius 3 is 3.00 bits per heavy atom. The van der Waals surface area contributed by atoms with Gasteiger partial charge in [0, 0.05) is 19.6 Å². The summed E-state index contributed by atoms with van der Waals surface area (Å²) in [4.78, 5) is 25.8. The minimum Gasteiger partial charge on any atom is -0.497 e. The molecule has 1 amide bonds. The Kier molecular flexibility index (Phi) is 4.76. The smallest absolute Gasteiger partial charge is 0.311 e. The molecule has 2 fully saturated rings. The van der Waals surface area contributed by atoms with E-state index in [-0.39, 0.29) is 18.4 Å². The fraction of sp³-hybridized carbons (Fsp3) is 0.556. The number of hydrogen-bond donors (Lipinski definition) is 2. The van der Waals surface area contributed by atoms with E-state index in [2.05, 4.69) is 5.32 Å². The van der Waals surface area contributed by atoms with Crippen molar-refractivity contribution in [2.45, 2.75) is 25.8 Å². The number of amides is 1. The van der Waals surface area contributed by atoms with Crippen LogP contribution in [0.1, 0.15) is 24.8 Å². The van der Waals surface area contributed by atoms with Gasteiger partial charge in [0.1, 0.15) is 5.75 Å². The fourth-order valence-electron chi connectivity index (χ4n) is 4.11. The van der Waals surface area contributed by atoms with Crippen LogP contribution in [0.4, 0.5) is 0 Å². The van der Waals surface area contributed by atoms with Crippen LogP contribution in [0.25, 0.3) is 0 Å². The standard InChI is InChI=1S/C18H24N2O4/c1-24-15-6-2-4-13(8-15)9-19-16(21)11-20-10-14-5-3-7-18(14,12-20)17(22)23/h2,4,6,8,14H,3,5,7,9-12H2,1H3,(H,19,21)(H,22,23)/t14-,18+/m0/s1. The first-order valence-corrected chi connectivity index (χ1v) is 8.39. The van der Waals surface area contributed by atoms with Crippen molar-refractivity contribution in [3.63, 3.8) is 0 Å². The largest absolute Gasteiger partial charge is 0.497 e. The van der Waals surface area contributed by atoms with Gasteiger partial charge in [-0.05, 0) is 36.5 Å². The van der Waals surface area contributed by atoms with Gasteiger partial charge in [0.2, 0.25) is 5.91 Å². The Labute approximate surface area is 141 Å². The van der Waals surface area contributed by atoms with Crippen LogP contribution in [-0.4, -0.2) is 48.6 Å². The van der Waals surface area contributed by atoms with Gasteiger partial charge >= 0.3 is 5.97 Å². The average Bonchev–Trinajstić information content (AvgIpc) is 3.11. The van der Waals surface area contributed by atoms with Crippen LogP contribution < -0.4 is 10.1 Å². The molecule has 1 heterocycles. The summed E-state index contributed by atoms with van der Waals surface area (Å²) in [6.07, 6.45) is 2.66. The summed E-state index contributed by atoms with van der Waals surface area (Å²) in [7, 11) is 1.61. The highest BCUT2D eigenvalue weighted by atomic mass is 16.5. The predicted molar refractivity (Wildman–Crippen MR) is 88.7 cm³/mol. The van der Waals surface area contributed by atoms with Crippen molar-refractivity contribution >= 4 is 11.9 Å². The number of fused-ring (bicyclic) bond motifs is 1. The van der Waals surface area contributed by atoms with Crippen LogP contribution in [-0.2, 0) is 16.1 Å². The van der Waals surface area contributed by atoms with E-state index in [1.54, 1.807) is 7.11 Å². The van der Waals surface area contributed by atoms with E-state index in [0.29, 0.717) is 19.6 Å². The van der Waals surface area contributed by atoms with Crippen molar-refractivity contribution in [1.29, 1.82) is 0 Å². The molecule has 1 aliphatic heterocycles. The third-order valence-corrected chi connectivity index (χ3v) is 5.36. The molecule has 130 valence electrons. The van der Waals surface area contributed by atoms with Gasteiger partial charge in [-0.1, -0.05) is 18.6 Å². The number of nitrogens with one attached hydrogen (secondary N) is 1. The predicted octanol–water partition coefficient (Wildman–Crippen LogP) is 1.50. The lowest BCUT2D eigenvalue weighted by molar-refractivity contribution is -0.149. The number of nitrogens with zero attached hydrogens (tertiary/aromatic N) is 1. The van der Waals surface area contributed by atoms with Gasteiger partial charge in [0.25, 0.3) is 0 Å². The summed E-state index contributed by atoms with van der Waals surface area (Å²) >= 11 is 0. The lowest BCUT2D eigenvalue weighted by Crippen LogP contribution is -2.39. The zero-order chi connectivity index (χ0) is 17.2. The molecule has 0 unspecified atom stereocenters. The van der Waals surface area contributed by atoms with Crippen LogP contribution >= 0.6 is 0 Å². The molecule has 1 aromatic carbocycles. The number of carbonyl (C=O) groups excluding carboxylic acids is 1. The molecule has 2 aliphatic rings. The number of carbonyl (C=O) groups is 2. The number of aliphatic carboxylic acids is 1. The van der Waals surface area contributed by atoms with E-state index < -0.39 is 11.4 Å². The van der Waals surface area contributed by atoms with Crippen molar-refractivity contribution in [2.24, 2.45) is 11.3 Å². The molecule has 3 rings (SSSR count). The first-order chi connectivity index (χ1) is 11.5. The maximum atomic E-state index is 12.2. The van der Waals surface area contributed by atoms with Crippen molar-refractivity contribution in [3.8, 4) is 5.75 Å². The van der Waals surface area contributed by atoms with Gasteiger partial charge in [-0.25, -0.2) is 0 Å². The normalized spacial score (nSPS) is 26.1. The topological polar surface area (TPSA) is 78.9 Å². The van der Waals surface area contributed by atoms with Crippen LogP contribution in [0.3, 0.4) is 0 Å². The van der Waals surface area contributed by atoms with Crippen molar-refractivity contribution < 1.29 is 19.4 Å². The molecule has 0 aromatic heterocycles. The van der Waals surface area contributed by atoms with Gasteiger partial charge in [-0.2, -0.15) is 0 Å². The number of likely N-dealkylation sites (tertiary alicyclic amines) is 1. The molecule has 0 bridgehead atoms. The lowest BCUT2D eigenvalue weighted by atomic mass is 9.81. The molecule has 6 nitrogen and oxygen atoms in total. The van der Waals surface area contributed by atoms with E-state index in [0.717, 1.165) is 30.6 Å². The summed E-state index contributed by atoms with van der Waals surface area (Å²) < 4.78 is 5.17. The Morgan fingerprint density at radius 2 is 2.29 bits per heavy atom. The maximum Gasteiger partial charge on any atom is 0.311 e. The Morgan fingerprint density at radius 1 is 1.46 bits per heavy atom. The first kappa shape index (κ1) is 16.8. The van der Waals surface area contributed by atoms with E-state index in [9.17, 15) is 14.7 Å². The summed E-state index contributed by atoms with van der Waals surface area (Å²) in [5, 5.41) is 12.5. The third kappa shape index (κ3) is 3.24. The highest BCUT2D eigenvalue weighted by Crippen LogP contribution is 2.48. The molecule has 24 heavy (non-hydrogen) atoms. The van der Waals surface area contributed by atoms with Gasteiger partial charge in [0.05, 0.1) is 19.1 Å². The molecule has 0 radical (unpaired) electrons. The van der Waals surface area contributed by atoms with Crippen molar-refractivity contribution in [2.75, 3.05) is 26.7 Å². The SMILES string of the molecule is COc1cccc(CNC(=O)CN2C[C@@H]3CCC[C@@]3(C(=O)O)C2)c1. The van der Waals surface area contributed by atoms with E-state index >= 15 is 0 Å². The van der Waals surface area contributed by atoms with Crippen molar-refractivity contribution in [3.05, 3.63) is 29.8 Å². The number of carboxylic acids is 1. The first-order valence-electron chi connectivity index (χ1n) is 8.39. The number of carboxylic acid groups (broad SMARTS) is 1. The number of rotatable bonds is 6. The summed E-state index contributed by atoms with van der Waals surface area (Å²) in [6.45, 7) is 1.89. The molecule has 1 saturated heterocycles. The second-order valence-corrected chi connectivity index (χ2v) is 6.85. The molecule has 1 aliphatic carbocycles. The van der Waals surface area contributed by atoms with Crippen LogP contribution in [0, 0.1) is 11.3 Å². The molecule has 0 spiro atoms. The number of ether oxygens (including phenoxy) is 1. The van der Waals surface area contributed by atoms with E-state index in [1.165, 1.54) is 0 Å². The highest BCUT2D eigenvalue weighted by molar-refractivity contribution is 5.79. The molecular formula is C18H24N2O4. The van der Waals surface area contributed by atoms with Crippen LogP contribution in [0.15, 0.2) is 24.3 Å². The second-order valence-electron chi connectivity index (χ2n) is 6.85. The molecule has 2 N–H and O–H groups in total. The monoisotopic (exact) mass is 332 g/mol. The second kappa shape index (κ2) is 6.81. The number of methoxy groups -OCH3 is 1. The molecule has 6 heteroatoms. The minimum absolute atomic E-state index is 0.0710. The van der Waals surface area contributed by atoms with E-state index in [1.807, 2.05) is 29.2 Å².